The Bertz CT molecular complexity index is 1660. The van der Waals surface area contributed by atoms with Crippen LogP contribution in [0.4, 0.5) is 5.69 Å². The number of phenolic OH excluding ortho intramolecular Hbond substituents is 1. The van der Waals surface area contributed by atoms with Crippen LogP contribution in [0.15, 0.2) is 48.0 Å². The number of alkyl halides is 3. The summed E-state index contributed by atoms with van der Waals surface area (Å²) in [7, 11) is 0. The van der Waals surface area contributed by atoms with Crippen LogP contribution in [0.5, 0.6) is 11.5 Å². The molecule has 2 aliphatic heterocycles. The zero-order valence-corrected chi connectivity index (χ0v) is 25.0. The second-order valence-electron chi connectivity index (χ2n) is 11.1. The van der Waals surface area contributed by atoms with Gasteiger partial charge in [0.1, 0.15) is 17.1 Å². The molecule has 0 aromatic heterocycles. The van der Waals surface area contributed by atoms with E-state index in [1.54, 1.807) is 25.1 Å². The molecule has 42 heavy (non-hydrogen) atoms. The summed E-state index contributed by atoms with van der Waals surface area (Å²) in [6.45, 7) is 1.67. The van der Waals surface area contributed by atoms with E-state index in [0.29, 0.717) is 16.7 Å². The number of allylic oxidation sites excluding steroid dienone is 2. The quantitative estimate of drug-likeness (QED) is 0.190. The average molecular weight is 678 g/mol. The Morgan fingerprint density at radius 2 is 1.71 bits per heavy atom. The number of hydrogen-bond donors (Lipinski definition) is 3. The minimum atomic E-state index is -1.96. The fraction of sp³-hybridized carbons (Fsp3) is 0.345. The van der Waals surface area contributed by atoms with Crippen LogP contribution in [-0.4, -0.2) is 65.0 Å². The number of carbonyl (C=O) groups is 5. The molecule has 0 radical (unpaired) electrons. The molecule has 0 bridgehead atoms. The molecule has 10 nitrogen and oxygen atoms in total. The van der Waals surface area contributed by atoms with Crippen molar-refractivity contribution < 1.29 is 39.3 Å². The van der Waals surface area contributed by atoms with Gasteiger partial charge >= 0.3 is 5.97 Å². The van der Waals surface area contributed by atoms with Crippen LogP contribution in [0.3, 0.4) is 0 Å². The summed E-state index contributed by atoms with van der Waals surface area (Å²) in [5.74, 6) is -8.01. The van der Waals surface area contributed by atoms with E-state index in [4.69, 9.17) is 23.2 Å². The van der Waals surface area contributed by atoms with Gasteiger partial charge in [0.15, 0.2) is 9.75 Å². The highest BCUT2D eigenvalue weighted by Gasteiger charge is 2.76. The van der Waals surface area contributed by atoms with Gasteiger partial charge in [0.25, 0.3) is 11.8 Å². The summed E-state index contributed by atoms with van der Waals surface area (Å²) in [6, 6.07) is 8.14. The largest absolute Gasteiger partial charge is 0.508 e. The molecule has 2 aromatic carbocycles. The number of carbonyl (C=O) groups excluding carboxylic acids is 4. The second-order valence-corrected chi connectivity index (χ2v) is 12.8. The van der Waals surface area contributed by atoms with Gasteiger partial charge in [-0.2, -0.15) is 0 Å². The molecule has 4 amide bonds. The van der Waals surface area contributed by atoms with E-state index in [2.05, 4.69) is 15.9 Å². The van der Waals surface area contributed by atoms with Gasteiger partial charge in [-0.1, -0.05) is 39.7 Å². The number of likely N-dealkylation sites (tertiary alicyclic amines) is 1. The fourth-order valence-corrected chi connectivity index (χ4v) is 8.51. The minimum Gasteiger partial charge on any atom is -0.508 e. The Morgan fingerprint density at radius 3 is 2.33 bits per heavy atom. The van der Waals surface area contributed by atoms with E-state index in [1.807, 2.05) is 0 Å². The first-order valence-corrected chi connectivity index (χ1v) is 14.9. The molecular weight excluding hydrogens is 655 g/mol. The highest BCUT2D eigenvalue weighted by atomic mass is 79.9. The van der Waals surface area contributed by atoms with Crippen LogP contribution in [0.1, 0.15) is 40.2 Å². The molecule has 218 valence electrons. The number of carboxylic acids is 1. The monoisotopic (exact) mass is 676 g/mol. The van der Waals surface area contributed by atoms with Crippen molar-refractivity contribution in [3.63, 3.8) is 0 Å². The van der Waals surface area contributed by atoms with Crippen molar-refractivity contribution in [2.24, 2.45) is 17.8 Å². The van der Waals surface area contributed by atoms with Gasteiger partial charge in [-0.3, -0.25) is 24.1 Å². The lowest BCUT2D eigenvalue weighted by Gasteiger charge is -2.50. The Kier molecular flexibility index (Phi) is 6.53. The Morgan fingerprint density at radius 1 is 1.00 bits per heavy atom. The molecule has 2 aliphatic carbocycles. The highest BCUT2D eigenvalue weighted by molar-refractivity contribution is 9.09. The van der Waals surface area contributed by atoms with Gasteiger partial charge in [-0.15, -0.1) is 23.2 Å². The van der Waals surface area contributed by atoms with Crippen molar-refractivity contribution >= 4 is 74.4 Å². The number of benzene rings is 2. The van der Waals surface area contributed by atoms with E-state index in [1.165, 1.54) is 12.1 Å². The summed E-state index contributed by atoms with van der Waals surface area (Å²) in [6.07, 6.45) is 1.73. The number of anilines is 1. The molecule has 2 saturated heterocycles. The van der Waals surface area contributed by atoms with Crippen LogP contribution in [0.2, 0.25) is 0 Å². The number of aromatic carboxylic acids is 1. The van der Waals surface area contributed by atoms with Crippen molar-refractivity contribution in [1.29, 1.82) is 0 Å². The van der Waals surface area contributed by atoms with Crippen LogP contribution in [0, 0.1) is 24.7 Å². The third kappa shape index (κ3) is 3.59. The van der Waals surface area contributed by atoms with E-state index in [9.17, 15) is 39.3 Å². The Hall–Kier alpha value is -3.41. The van der Waals surface area contributed by atoms with E-state index < -0.39 is 68.8 Å². The Balaban J connectivity index is 1.49. The standard InChI is InChI=1S/C29H23BrCl2N2O8/c1-12-8-13(2-7-19(12)35)22-15-5-6-17-21(18(15)10-28(31)26(41)33(11-30)27(42)29(22,28)32)24(38)34(23(17)37)14-3-4-16(25(39)40)20(36)9-14/h2-5,7-9,17-18,21-22,35-36H,6,10-11H2,1H3,(H,39,40)/t17-,18+,21-,22-,28+,29-/m0/s1. The third-order valence-electron chi connectivity index (χ3n) is 9.04. The summed E-state index contributed by atoms with van der Waals surface area (Å²) < 4.78 is 0. The minimum absolute atomic E-state index is 0.00910. The van der Waals surface area contributed by atoms with Crippen molar-refractivity contribution in [2.45, 2.75) is 35.4 Å². The molecule has 2 aromatic rings. The number of amides is 4. The van der Waals surface area contributed by atoms with E-state index in [0.717, 1.165) is 21.9 Å². The van der Waals surface area contributed by atoms with Crippen molar-refractivity contribution in [3.05, 3.63) is 64.7 Å². The van der Waals surface area contributed by atoms with Crippen molar-refractivity contribution in [3.8, 4) is 11.5 Å². The number of imide groups is 2. The molecule has 6 rings (SSSR count). The van der Waals surface area contributed by atoms with Crippen molar-refractivity contribution in [2.75, 3.05) is 10.4 Å². The molecule has 3 N–H and O–H groups in total. The molecule has 1 saturated carbocycles. The number of halogens is 3. The lowest BCUT2D eigenvalue weighted by atomic mass is 9.56. The average Bonchev–Trinajstić information content (AvgIpc) is 3.27. The number of phenols is 2. The van der Waals surface area contributed by atoms with Crippen LogP contribution in [0.25, 0.3) is 0 Å². The lowest BCUT2D eigenvalue weighted by Crippen LogP contribution is -2.60. The fourth-order valence-electron chi connectivity index (χ4n) is 7.08. The highest BCUT2D eigenvalue weighted by Crippen LogP contribution is 2.65. The number of aromatic hydroxyl groups is 2. The maximum absolute atomic E-state index is 14.0. The lowest BCUT2D eigenvalue weighted by molar-refractivity contribution is -0.138. The first-order valence-electron chi connectivity index (χ1n) is 13.0. The van der Waals surface area contributed by atoms with Gasteiger partial charge in [-0.25, -0.2) is 9.69 Å². The summed E-state index contributed by atoms with van der Waals surface area (Å²) in [4.78, 5) is 64.4. The molecule has 0 spiro atoms. The van der Waals surface area contributed by atoms with Gasteiger partial charge in [0.2, 0.25) is 11.8 Å². The van der Waals surface area contributed by atoms with Gasteiger partial charge in [0, 0.05) is 12.0 Å². The first-order chi connectivity index (χ1) is 19.8. The predicted molar refractivity (Wildman–Crippen MR) is 154 cm³/mol. The molecule has 3 fully saturated rings. The number of carboxylic acid groups (broad SMARTS) is 1. The zero-order chi connectivity index (χ0) is 30.5. The van der Waals surface area contributed by atoms with Gasteiger partial charge < -0.3 is 15.3 Å². The van der Waals surface area contributed by atoms with Crippen LogP contribution >= 0.6 is 39.1 Å². The molecular formula is C29H23BrCl2N2O8. The topological polar surface area (TPSA) is 153 Å². The number of fused-ring (bicyclic) bond motifs is 4. The summed E-state index contributed by atoms with van der Waals surface area (Å²) in [5.41, 5.74) is 1.08. The molecule has 6 atom stereocenters. The SMILES string of the molecule is Cc1cc([C@H]2C3=CC[C@@H]4C(=O)N(c5ccc(C(=O)O)c(O)c5)C(=O)[C@@H]4[C@@H]3C[C@@]3(Cl)C(=O)N(CBr)C(=O)[C@@]23Cl)ccc1O. The van der Waals surface area contributed by atoms with Crippen molar-refractivity contribution in [1.82, 2.24) is 4.90 Å². The molecule has 13 heteroatoms. The predicted octanol–water partition coefficient (Wildman–Crippen LogP) is 4.02. The molecule has 2 heterocycles. The van der Waals surface area contributed by atoms with Crippen LogP contribution < -0.4 is 4.90 Å². The molecule has 0 unspecified atom stereocenters. The number of aryl methyl sites for hydroxylation is 1. The van der Waals surface area contributed by atoms with Gasteiger partial charge in [0.05, 0.1) is 23.0 Å². The first kappa shape index (κ1) is 28.7. The van der Waals surface area contributed by atoms with E-state index in [-0.39, 0.29) is 35.3 Å². The van der Waals surface area contributed by atoms with E-state index >= 15 is 0 Å². The number of rotatable bonds is 4. The van der Waals surface area contributed by atoms with Crippen LogP contribution in [-0.2, 0) is 19.2 Å². The second kappa shape index (κ2) is 9.55. The maximum Gasteiger partial charge on any atom is 0.339 e. The zero-order valence-electron chi connectivity index (χ0n) is 21.9. The smallest absolute Gasteiger partial charge is 0.339 e. The third-order valence-corrected chi connectivity index (χ3v) is 11.0. The summed E-state index contributed by atoms with van der Waals surface area (Å²) in [5, 5.41) is 29.7. The normalized spacial score (nSPS) is 32.0. The number of nitrogens with zero attached hydrogens (tertiary/aromatic N) is 2. The Labute approximate surface area is 257 Å². The summed E-state index contributed by atoms with van der Waals surface area (Å²) >= 11 is 17.5. The maximum atomic E-state index is 14.0. The number of hydrogen-bond acceptors (Lipinski definition) is 7. The molecule has 4 aliphatic rings. The van der Waals surface area contributed by atoms with Gasteiger partial charge in [-0.05, 0) is 55.0 Å².